The molecular formula is C17H20ClN3O4S. The number of sulfonamides is 1. The number of anilines is 2. The zero-order chi connectivity index (χ0) is 19.3. The average Bonchev–Trinajstić information content (AvgIpc) is 2.60. The lowest BCUT2D eigenvalue weighted by Gasteiger charge is -2.13. The number of methoxy groups -OCH3 is 1. The van der Waals surface area contributed by atoms with E-state index in [0.29, 0.717) is 22.1 Å². The first-order valence-electron chi connectivity index (χ1n) is 7.64. The second kappa shape index (κ2) is 8.39. The van der Waals surface area contributed by atoms with Gasteiger partial charge in [-0.05, 0) is 42.5 Å². The molecule has 0 saturated heterocycles. The molecule has 26 heavy (non-hydrogen) atoms. The zero-order valence-electron chi connectivity index (χ0n) is 14.6. The van der Waals surface area contributed by atoms with Crippen molar-refractivity contribution in [3.8, 4) is 5.75 Å². The maximum atomic E-state index is 12.1. The number of hydrogen-bond donors (Lipinski definition) is 2. The quantitative estimate of drug-likeness (QED) is 0.749. The van der Waals surface area contributed by atoms with Gasteiger partial charge in [-0.3, -0.25) is 4.79 Å². The molecule has 0 aromatic heterocycles. The summed E-state index contributed by atoms with van der Waals surface area (Å²) in [6.45, 7) is -0.00551. The molecule has 7 nitrogen and oxygen atoms in total. The predicted molar refractivity (Wildman–Crippen MR) is 102 cm³/mol. The van der Waals surface area contributed by atoms with Crippen molar-refractivity contribution in [1.29, 1.82) is 0 Å². The molecule has 1 amide bonds. The van der Waals surface area contributed by atoms with Crippen LogP contribution in [0.1, 0.15) is 0 Å². The van der Waals surface area contributed by atoms with Crippen LogP contribution in [0.25, 0.3) is 0 Å². The third-order valence-electron chi connectivity index (χ3n) is 3.52. The van der Waals surface area contributed by atoms with E-state index in [-0.39, 0.29) is 17.3 Å². The van der Waals surface area contributed by atoms with Gasteiger partial charge in [0.2, 0.25) is 15.9 Å². The van der Waals surface area contributed by atoms with Gasteiger partial charge in [0.15, 0.2) is 0 Å². The molecular weight excluding hydrogens is 378 g/mol. The van der Waals surface area contributed by atoms with Gasteiger partial charge in [0.1, 0.15) is 5.75 Å². The summed E-state index contributed by atoms with van der Waals surface area (Å²) in [7, 11) is 0.946. The van der Waals surface area contributed by atoms with Crippen LogP contribution in [0.5, 0.6) is 5.75 Å². The van der Waals surface area contributed by atoms with E-state index in [4.69, 9.17) is 16.3 Å². The standard InChI is InChI=1S/C17H20ClN3O4S/c1-21(2)26(23,24)14-7-5-13(6-8-14)20-17(22)11-19-15-10-12(18)4-9-16(15)25-3/h4-10,19H,11H2,1-3H3,(H,20,22). The van der Waals surface area contributed by atoms with Crippen molar-refractivity contribution in [2.45, 2.75) is 4.90 Å². The van der Waals surface area contributed by atoms with Gasteiger partial charge in [-0.1, -0.05) is 11.6 Å². The highest BCUT2D eigenvalue weighted by molar-refractivity contribution is 7.89. The van der Waals surface area contributed by atoms with Crippen LogP contribution in [0.15, 0.2) is 47.4 Å². The molecule has 0 saturated carbocycles. The lowest BCUT2D eigenvalue weighted by atomic mass is 10.3. The molecule has 2 rings (SSSR count). The fourth-order valence-corrected chi connectivity index (χ4v) is 3.19. The Morgan fingerprint density at radius 3 is 2.38 bits per heavy atom. The Kier molecular flexibility index (Phi) is 6.47. The second-order valence-electron chi connectivity index (χ2n) is 5.56. The van der Waals surface area contributed by atoms with Crippen molar-refractivity contribution in [2.75, 3.05) is 38.4 Å². The molecule has 0 fully saturated rings. The number of carbonyl (C=O) groups is 1. The van der Waals surface area contributed by atoms with Crippen LogP contribution < -0.4 is 15.4 Å². The minimum absolute atomic E-state index is 0.00551. The zero-order valence-corrected chi connectivity index (χ0v) is 16.2. The van der Waals surface area contributed by atoms with Crippen LogP contribution in [-0.2, 0) is 14.8 Å². The summed E-state index contributed by atoms with van der Waals surface area (Å²) in [5.74, 6) is 0.274. The van der Waals surface area contributed by atoms with Crippen LogP contribution >= 0.6 is 11.6 Å². The van der Waals surface area contributed by atoms with E-state index in [1.165, 1.54) is 45.5 Å². The summed E-state index contributed by atoms with van der Waals surface area (Å²) in [6.07, 6.45) is 0. The summed E-state index contributed by atoms with van der Waals surface area (Å²) in [5.41, 5.74) is 1.09. The van der Waals surface area contributed by atoms with E-state index in [1.54, 1.807) is 18.2 Å². The maximum absolute atomic E-state index is 12.1. The van der Waals surface area contributed by atoms with Gasteiger partial charge >= 0.3 is 0 Å². The number of carbonyl (C=O) groups excluding carboxylic acids is 1. The maximum Gasteiger partial charge on any atom is 0.243 e. The normalized spacial score (nSPS) is 11.3. The van der Waals surface area contributed by atoms with Gasteiger partial charge < -0.3 is 15.4 Å². The third-order valence-corrected chi connectivity index (χ3v) is 5.58. The summed E-state index contributed by atoms with van der Waals surface area (Å²) >= 11 is 5.94. The van der Waals surface area contributed by atoms with Crippen LogP contribution in [0.3, 0.4) is 0 Å². The van der Waals surface area contributed by atoms with E-state index >= 15 is 0 Å². The molecule has 0 bridgehead atoms. The first-order chi connectivity index (χ1) is 12.2. The Hall–Kier alpha value is -2.29. The lowest BCUT2D eigenvalue weighted by molar-refractivity contribution is -0.114. The molecule has 0 aliphatic heterocycles. The molecule has 0 aliphatic carbocycles. The number of nitrogens with one attached hydrogen (secondary N) is 2. The first kappa shape index (κ1) is 20.0. The fraction of sp³-hybridized carbons (Fsp3) is 0.235. The first-order valence-corrected chi connectivity index (χ1v) is 9.45. The molecule has 0 spiro atoms. The Bertz CT molecular complexity index is 883. The molecule has 140 valence electrons. The summed E-state index contributed by atoms with van der Waals surface area (Å²) in [6, 6.07) is 11.0. The van der Waals surface area contributed by atoms with Crippen LogP contribution in [0, 0.1) is 0 Å². The van der Waals surface area contributed by atoms with Crippen molar-refractivity contribution < 1.29 is 17.9 Å². The smallest absolute Gasteiger partial charge is 0.243 e. The van der Waals surface area contributed by atoms with Gasteiger partial charge in [-0.2, -0.15) is 0 Å². The number of hydrogen-bond acceptors (Lipinski definition) is 5. The van der Waals surface area contributed by atoms with E-state index < -0.39 is 10.0 Å². The highest BCUT2D eigenvalue weighted by Gasteiger charge is 2.16. The number of halogens is 1. The Morgan fingerprint density at radius 1 is 1.15 bits per heavy atom. The molecule has 0 heterocycles. The number of benzene rings is 2. The number of nitrogens with zero attached hydrogens (tertiary/aromatic N) is 1. The Balaban J connectivity index is 1.99. The van der Waals surface area contributed by atoms with Crippen LogP contribution in [0.4, 0.5) is 11.4 Å². The van der Waals surface area contributed by atoms with Crippen molar-refractivity contribution in [3.63, 3.8) is 0 Å². The van der Waals surface area contributed by atoms with Gasteiger partial charge in [-0.15, -0.1) is 0 Å². The summed E-state index contributed by atoms with van der Waals surface area (Å²) < 4.78 is 30.4. The summed E-state index contributed by atoms with van der Waals surface area (Å²) in [5, 5.41) is 6.16. The van der Waals surface area contributed by atoms with Crippen molar-refractivity contribution >= 4 is 38.9 Å². The molecule has 0 unspecified atom stereocenters. The molecule has 0 aliphatic rings. The minimum atomic E-state index is -3.50. The van der Waals surface area contributed by atoms with Gasteiger partial charge in [0.25, 0.3) is 0 Å². The van der Waals surface area contributed by atoms with E-state index in [9.17, 15) is 13.2 Å². The van der Waals surface area contributed by atoms with Gasteiger partial charge in [0, 0.05) is 24.8 Å². The average molecular weight is 398 g/mol. The number of amides is 1. The SMILES string of the molecule is COc1ccc(Cl)cc1NCC(=O)Nc1ccc(S(=O)(=O)N(C)C)cc1. The van der Waals surface area contributed by atoms with Gasteiger partial charge in [-0.25, -0.2) is 12.7 Å². The second-order valence-corrected chi connectivity index (χ2v) is 8.15. The Labute approximate surface area is 158 Å². The monoisotopic (exact) mass is 397 g/mol. The molecule has 0 radical (unpaired) electrons. The number of rotatable bonds is 7. The predicted octanol–water partition coefficient (Wildman–Crippen LogP) is 2.65. The van der Waals surface area contributed by atoms with Crippen LogP contribution in [0.2, 0.25) is 5.02 Å². The molecule has 2 N–H and O–H groups in total. The van der Waals surface area contributed by atoms with Crippen molar-refractivity contribution in [1.82, 2.24) is 4.31 Å². The van der Waals surface area contributed by atoms with E-state index in [0.717, 1.165) is 4.31 Å². The van der Waals surface area contributed by atoms with Gasteiger partial charge in [0.05, 0.1) is 24.2 Å². The van der Waals surface area contributed by atoms with Crippen LogP contribution in [-0.4, -0.2) is 46.4 Å². The fourth-order valence-electron chi connectivity index (χ4n) is 2.12. The van der Waals surface area contributed by atoms with E-state index in [2.05, 4.69) is 10.6 Å². The third kappa shape index (κ3) is 4.87. The highest BCUT2D eigenvalue weighted by Crippen LogP contribution is 2.27. The lowest BCUT2D eigenvalue weighted by Crippen LogP contribution is -2.23. The largest absolute Gasteiger partial charge is 0.495 e. The Morgan fingerprint density at radius 2 is 1.81 bits per heavy atom. The topological polar surface area (TPSA) is 87.7 Å². The molecule has 0 atom stereocenters. The molecule has 2 aromatic carbocycles. The molecule has 9 heteroatoms. The highest BCUT2D eigenvalue weighted by atomic mass is 35.5. The summed E-state index contributed by atoms with van der Waals surface area (Å²) in [4.78, 5) is 12.2. The number of ether oxygens (including phenoxy) is 1. The van der Waals surface area contributed by atoms with E-state index in [1.807, 2.05) is 0 Å². The molecule has 2 aromatic rings. The minimum Gasteiger partial charge on any atom is -0.495 e. The van der Waals surface area contributed by atoms with Crippen molar-refractivity contribution in [3.05, 3.63) is 47.5 Å². The van der Waals surface area contributed by atoms with Crippen molar-refractivity contribution in [2.24, 2.45) is 0 Å².